The molecule has 0 fully saturated rings. The quantitative estimate of drug-likeness (QED) is 0.859. The van der Waals surface area contributed by atoms with Crippen molar-refractivity contribution in [3.8, 4) is 5.69 Å². The lowest BCUT2D eigenvalue weighted by atomic mass is 10.1. The predicted molar refractivity (Wildman–Crippen MR) is 71.6 cm³/mol. The lowest BCUT2D eigenvalue weighted by molar-refractivity contribution is -0.136. The van der Waals surface area contributed by atoms with E-state index in [0.29, 0.717) is 5.16 Å². The van der Waals surface area contributed by atoms with Crippen LogP contribution >= 0.6 is 11.8 Å². The van der Waals surface area contributed by atoms with Gasteiger partial charge < -0.3 is 5.11 Å². The van der Waals surface area contributed by atoms with Crippen LogP contribution in [0.25, 0.3) is 5.69 Å². The van der Waals surface area contributed by atoms with E-state index >= 15 is 0 Å². The van der Waals surface area contributed by atoms with Gasteiger partial charge in [0.2, 0.25) is 5.16 Å². The number of hydrogen-bond donors (Lipinski definition) is 1. The van der Waals surface area contributed by atoms with Crippen LogP contribution in [0.2, 0.25) is 0 Å². The standard InChI is InChI=1S/C12H14N4O2S/c1-7-4-5-8(2)10(6-7)16-12(13-14-15-16)19-9(3)11(17)18/h4-6,9H,1-3H3,(H,17,18). The number of carboxylic acid groups (broad SMARTS) is 1. The molecule has 1 unspecified atom stereocenters. The third kappa shape index (κ3) is 2.93. The second kappa shape index (κ2) is 5.40. The smallest absolute Gasteiger partial charge is 0.316 e. The molecule has 100 valence electrons. The molecule has 2 rings (SSSR count). The molecule has 1 heterocycles. The first-order valence-electron chi connectivity index (χ1n) is 5.74. The summed E-state index contributed by atoms with van der Waals surface area (Å²) in [5.74, 6) is -0.888. The molecule has 0 saturated heterocycles. The fourth-order valence-corrected chi connectivity index (χ4v) is 2.30. The van der Waals surface area contributed by atoms with E-state index in [-0.39, 0.29) is 0 Å². The minimum absolute atomic E-state index is 0.476. The second-order valence-electron chi connectivity index (χ2n) is 4.26. The summed E-state index contributed by atoms with van der Waals surface area (Å²) < 4.78 is 1.58. The zero-order chi connectivity index (χ0) is 14.0. The van der Waals surface area contributed by atoms with Crippen molar-refractivity contribution in [1.29, 1.82) is 0 Å². The van der Waals surface area contributed by atoms with Crippen molar-refractivity contribution in [2.75, 3.05) is 0 Å². The van der Waals surface area contributed by atoms with E-state index in [9.17, 15) is 4.79 Å². The highest BCUT2D eigenvalue weighted by molar-refractivity contribution is 8.00. The highest BCUT2D eigenvalue weighted by Crippen LogP contribution is 2.24. The normalized spacial score (nSPS) is 12.4. The number of aliphatic carboxylic acids is 1. The van der Waals surface area contributed by atoms with Gasteiger partial charge >= 0.3 is 5.97 Å². The minimum Gasteiger partial charge on any atom is -0.480 e. The summed E-state index contributed by atoms with van der Waals surface area (Å²) in [5, 5.41) is 20.3. The van der Waals surface area contributed by atoms with Gasteiger partial charge in [0, 0.05) is 0 Å². The van der Waals surface area contributed by atoms with Crippen LogP contribution in [0.1, 0.15) is 18.1 Å². The van der Waals surface area contributed by atoms with Crippen molar-refractivity contribution < 1.29 is 9.90 Å². The van der Waals surface area contributed by atoms with Gasteiger partial charge in [-0.1, -0.05) is 23.9 Å². The first-order valence-corrected chi connectivity index (χ1v) is 6.62. The Morgan fingerprint density at radius 1 is 1.42 bits per heavy atom. The summed E-state index contributed by atoms with van der Waals surface area (Å²) in [6.45, 7) is 5.56. The Hall–Kier alpha value is -1.89. The lowest BCUT2D eigenvalue weighted by Gasteiger charge is -2.09. The molecule has 6 nitrogen and oxygen atoms in total. The molecule has 0 saturated carbocycles. The number of aromatic nitrogens is 4. The summed E-state index contributed by atoms with van der Waals surface area (Å²) in [5.41, 5.74) is 2.99. The van der Waals surface area contributed by atoms with Crippen molar-refractivity contribution >= 4 is 17.7 Å². The molecular weight excluding hydrogens is 264 g/mol. The Balaban J connectivity index is 2.39. The van der Waals surface area contributed by atoms with Crippen molar-refractivity contribution in [2.24, 2.45) is 0 Å². The fourth-order valence-electron chi connectivity index (χ4n) is 1.56. The van der Waals surface area contributed by atoms with E-state index in [2.05, 4.69) is 15.5 Å². The van der Waals surface area contributed by atoms with Gasteiger partial charge in [0.15, 0.2) is 0 Å². The van der Waals surface area contributed by atoms with E-state index < -0.39 is 11.2 Å². The highest BCUT2D eigenvalue weighted by Gasteiger charge is 2.18. The Morgan fingerprint density at radius 2 is 2.16 bits per heavy atom. The summed E-state index contributed by atoms with van der Waals surface area (Å²) in [6, 6.07) is 5.97. The SMILES string of the molecule is Cc1ccc(C)c(-n2nnnc2SC(C)C(=O)O)c1. The Morgan fingerprint density at radius 3 is 2.84 bits per heavy atom. The molecule has 1 N–H and O–H groups in total. The molecule has 0 aliphatic heterocycles. The molecule has 0 bridgehead atoms. The van der Waals surface area contributed by atoms with Crippen LogP contribution in [0.5, 0.6) is 0 Å². The monoisotopic (exact) mass is 278 g/mol. The van der Waals surface area contributed by atoms with E-state index in [0.717, 1.165) is 28.6 Å². The molecule has 1 aromatic carbocycles. The second-order valence-corrected chi connectivity index (χ2v) is 5.57. The van der Waals surface area contributed by atoms with E-state index in [1.54, 1.807) is 11.6 Å². The number of carboxylic acids is 1. The third-order valence-electron chi connectivity index (χ3n) is 2.66. The molecule has 1 atom stereocenters. The first kappa shape index (κ1) is 13.5. The maximum atomic E-state index is 10.9. The van der Waals surface area contributed by atoms with Crippen molar-refractivity contribution in [2.45, 2.75) is 31.2 Å². The molecule has 19 heavy (non-hydrogen) atoms. The van der Waals surface area contributed by atoms with Crippen LogP contribution in [0.4, 0.5) is 0 Å². The number of thioether (sulfide) groups is 1. The molecule has 0 aliphatic rings. The molecule has 1 aromatic heterocycles. The summed E-state index contributed by atoms with van der Waals surface area (Å²) in [6.07, 6.45) is 0. The number of tetrazole rings is 1. The Bertz CT molecular complexity index is 612. The molecule has 2 aromatic rings. The van der Waals surface area contributed by atoms with Crippen molar-refractivity contribution in [3.63, 3.8) is 0 Å². The van der Waals surface area contributed by atoms with Crippen LogP contribution in [0.15, 0.2) is 23.4 Å². The summed E-state index contributed by atoms with van der Waals surface area (Å²) in [7, 11) is 0. The van der Waals surface area contributed by atoms with Gasteiger partial charge in [-0.15, -0.1) is 5.10 Å². The van der Waals surface area contributed by atoms with Crippen LogP contribution in [-0.4, -0.2) is 36.5 Å². The molecular formula is C12H14N4O2S. The number of rotatable bonds is 4. The van der Waals surface area contributed by atoms with Crippen molar-refractivity contribution in [3.05, 3.63) is 29.3 Å². The number of hydrogen-bond acceptors (Lipinski definition) is 5. The molecule has 7 heteroatoms. The zero-order valence-electron chi connectivity index (χ0n) is 10.9. The molecule has 0 radical (unpaired) electrons. The van der Waals surface area contributed by atoms with Crippen LogP contribution in [-0.2, 0) is 4.79 Å². The van der Waals surface area contributed by atoms with E-state index in [4.69, 9.17) is 5.11 Å². The average molecular weight is 278 g/mol. The molecule has 0 aliphatic carbocycles. The van der Waals surface area contributed by atoms with Gasteiger partial charge in [-0.2, -0.15) is 4.68 Å². The molecule has 0 amide bonds. The largest absolute Gasteiger partial charge is 0.480 e. The predicted octanol–water partition coefficient (Wildman–Crippen LogP) is 1.84. The summed E-state index contributed by atoms with van der Waals surface area (Å²) >= 11 is 1.12. The van der Waals surface area contributed by atoms with E-state index in [1.807, 2.05) is 32.0 Å². The van der Waals surface area contributed by atoms with Crippen LogP contribution < -0.4 is 0 Å². The zero-order valence-corrected chi connectivity index (χ0v) is 11.7. The third-order valence-corrected chi connectivity index (χ3v) is 3.68. The number of benzene rings is 1. The lowest BCUT2D eigenvalue weighted by Crippen LogP contribution is -2.13. The van der Waals surface area contributed by atoms with Gasteiger partial charge in [-0.25, -0.2) is 0 Å². The fraction of sp³-hybridized carbons (Fsp3) is 0.333. The Labute approximate surface area is 114 Å². The Kier molecular flexibility index (Phi) is 3.84. The summed E-state index contributed by atoms with van der Waals surface area (Å²) in [4.78, 5) is 10.9. The van der Waals surface area contributed by atoms with Gasteiger partial charge in [-0.3, -0.25) is 4.79 Å². The molecule has 0 spiro atoms. The van der Waals surface area contributed by atoms with Crippen LogP contribution in [0, 0.1) is 13.8 Å². The van der Waals surface area contributed by atoms with Crippen molar-refractivity contribution in [1.82, 2.24) is 20.2 Å². The van der Waals surface area contributed by atoms with Gasteiger partial charge in [0.05, 0.1) is 5.69 Å². The highest BCUT2D eigenvalue weighted by atomic mass is 32.2. The number of nitrogens with zero attached hydrogens (tertiary/aromatic N) is 4. The van der Waals surface area contributed by atoms with Gasteiger partial charge in [0.25, 0.3) is 0 Å². The van der Waals surface area contributed by atoms with Crippen LogP contribution in [0.3, 0.4) is 0 Å². The number of carbonyl (C=O) groups is 1. The first-order chi connectivity index (χ1) is 8.99. The minimum atomic E-state index is -0.888. The average Bonchev–Trinajstić information content (AvgIpc) is 2.80. The topological polar surface area (TPSA) is 80.9 Å². The van der Waals surface area contributed by atoms with Gasteiger partial charge in [0.1, 0.15) is 5.25 Å². The maximum Gasteiger partial charge on any atom is 0.316 e. The number of aryl methyl sites for hydroxylation is 2. The maximum absolute atomic E-state index is 10.9. The van der Waals surface area contributed by atoms with E-state index in [1.165, 1.54) is 0 Å². The van der Waals surface area contributed by atoms with Gasteiger partial charge in [-0.05, 0) is 48.4 Å².